The van der Waals surface area contributed by atoms with Crippen molar-refractivity contribution < 1.29 is 0 Å². The summed E-state index contributed by atoms with van der Waals surface area (Å²) in [6, 6.07) is 0. The summed E-state index contributed by atoms with van der Waals surface area (Å²) in [5, 5.41) is 14.3. The molecule has 0 atom stereocenters. The number of aromatic amines is 1. The number of nitrogens with zero attached hydrogens (tertiary/aromatic N) is 3. The van der Waals surface area contributed by atoms with E-state index >= 15 is 0 Å². The van der Waals surface area contributed by atoms with Gasteiger partial charge in [-0.1, -0.05) is 6.92 Å². The largest absolute Gasteiger partial charge is 0.378 e. The van der Waals surface area contributed by atoms with E-state index in [1.165, 1.54) is 5.56 Å². The van der Waals surface area contributed by atoms with Crippen molar-refractivity contribution in [1.29, 1.82) is 0 Å². The number of nitrogens with one attached hydrogen (secondary N) is 2. The molecule has 0 unspecified atom stereocenters. The van der Waals surface area contributed by atoms with E-state index in [9.17, 15) is 0 Å². The van der Waals surface area contributed by atoms with Crippen LogP contribution in [0.25, 0.3) is 0 Å². The molecular weight excluding hydrogens is 190 g/mol. The van der Waals surface area contributed by atoms with E-state index in [2.05, 4.69) is 27.5 Å². The maximum Gasteiger partial charge on any atom is 0.0726 e. The van der Waals surface area contributed by atoms with Crippen molar-refractivity contribution in [2.45, 2.75) is 19.9 Å². The Hall–Kier alpha value is -1.78. The molecule has 5 heteroatoms. The standard InChI is InChI=1S/C10H15N5/c1-3-10-8(7-15(2)14-10)4-11-9-5-12-13-6-9/h5-7,11H,3-4H2,1-2H3,(H,12,13). The third-order valence-electron chi connectivity index (χ3n) is 2.31. The number of aryl methyl sites for hydroxylation is 2. The van der Waals surface area contributed by atoms with Crippen molar-refractivity contribution in [2.75, 3.05) is 5.32 Å². The molecule has 0 radical (unpaired) electrons. The molecule has 0 aliphatic carbocycles. The topological polar surface area (TPSA) is 58.5 Å². The van der Waals surface area contributed by atoms with Crippen LogP contribution in [0.3, 0.4) is 0 Å². The summed E-state index contributed by atoms with van der Waals surface area (Å²) >= 11 is 0. The smallest absolute Gasteiger partial charge is 0.0726 e. The first-order chi connectivity index (χ1) is 7.29. The lowest BCUT2D eigenvalue weighted by Crippen LogP contribution is -1.99. The van der Waals surface area contributed by atoms with Gasteiger partial charge in [-0.05, 0) is 6.42 Å². The SMILES string of the molecule is CCc1nn(C)cc1CNc1cn[nH]c1. The molecule has 2 N–H and O–H groups in total. The summed E-state index contributed by atoms with van der Waals surface area (Å²) in [5.41, 5.74) is 3.38. The number of H-pyrrole nitrogens is 1. The van der Waals surface area contributed by atoms with E-state index in [-0.39, 0.29) is 0 Å². The summed E-state index contributed by atoms with van der Waals surface area (Å²) in [6.45, 7) is 2.90. The summed E-state index contributed by atoms with van der Waals surface area (Å²) in [4.78, 5) is 0. The predicted octanol–water partition coefficient (Wildman–Crippen LogP) is 1.32. The van der Waals surface area contributed by atoms with Gasteiger partial charge >= 0.3 is 0 Å². The van der Waals surface area contributed by atoms with Gasteiger partial charge in [-0.2, -0.15) is 10.2 Å². The lowest BCUT2D eigenvalue weighted by Gasteiger charge is -2.01. The van der Waals surface area contributed by atoms with Gasteiger partial charge in [0.25, 0.3) is 0 Å². The van der Waals surface area contributed by atoms with Crippen molar-refractivity contribution in [3.05, 3.63) is 29.8 Å². The van der Waals surface area contributed by atoms with Gasteiger partial charge in [0.15, 0.2) is 0 Å². The van der Waals surface area contributed by atoms with E-state index in [0.717, 1.165) is 24.3 Å². The molecule has 2 heterocycles. The van der Waals surface area contributed by atoms with Crippen LogP contribution in [0.15, 0.2) is 18.6 Å². The number of rotatable bonds is 4. The summed E-state index contributed by atoms with van der Waals surface area (Å²) in [7, 11) is 1.94. The van der Waals surface area contributed by atoms with Gasteiger partial charge in [-0.3, -0.25) is 9.78 Å². The predicted molar refractivity (Wildman–Crippen MR) is 58.5 cm³/mol. The minimum Gasteiger partial charge on any atom is -0.378 e. The van der Waals surface area contributed by atoms with E-state index in [1.807, 2.05) is 24.1 Å². The highest BCUT2D eigenvalue weighted by molar-refractivity contribution is 5.38. The molecule has 0 bridgehead atoms. The number of anilines is 1. The Labute approximate surface area is 88.5 Å². The van der Waals surface area contributed by atoms with Crippen LogP contribution in [0.1, 0.15) is 18.2 Å². The highest BCUT2D eigenvalue weighted by atomic mass is 15.3. The first kappa shape index (κ1) is 9.76. The number of aromatic nitrogens is 4. The Kier molecular flexibility index (Phi) is 2.71. The quantitative estimate of drug-likeness (QED) is 0.791. The lowest BCUT2D eigenvalue weighted by molar-refractivity contribution is 0.746. The second-order valence-electron chi connectivity index (χ2n) is 3.47. The molecule has 0 aromatic carbocycles. The monoisotopic (exact) mass is 205 g/mol. The molecular formula is C10H15N5. The first-order valence-corrected chi connectivity index (χ1v) is 5.03. The molecule has 2 aromatic rings. The zero-order valence-corrected chi connectivity index (χ0v) is 8.99. The minimum absolute atomic E-state index is 0.788. The maximum absolute atomic E-state index is 4.38. The fraction of sp³-hybridized carbons (Fsp3) is 0.400. The minimum atomic E-state index is 0.788. The Morgan fingerprint density at radius 3 is 3.07 bits per heavy atom. The molecule has 2 rings (SSSR count). The molecule has 0 aliphatic rings. The van der Waals surface area contributed by atoms with Crippen LogP contribution in [-0.2, 0) is 20.0 Å². The van der Waals surface area contributed by atoms with Crippen LogP contribution >= 0.6 is 0 Å². The zero-order chi connectivity index (χ0) is 10.7. The van der Waals surface area contributed by atoms with Crippen molar-refractivity contribution in [3.8, 4) is 0 Å². The Morgan fingerprint density at radius 2 is 2.40 bits per heavy atom. The molecule has 0 fully saturated rings. The summed E-state index contributed by atoms with van der Waals surface area (Å²) in [5.74, 6) is 0. The van der Waals surface area contributed by atoms with Gasteiger partial charge in [0.05, 0.1) is 17.6 Å². The van der Waals surface area contributed by atoms with Crippen LogP contribution in [-0.4, -0.2) is 20.0 Å². The van der Waals surface area contributed by atoms with Crippen LogP contribution in [0.5, 0.6) is 0 Å². The van der Waals surface area contributed by atoms with Crippen molar-refractivity contribution in [1.82, 2.24) is 20.0 Å². The molecule has 0 saturated carbocycles. The second kappa shape index (κ2) is 4.16. The van der Waals surface area contributed by atoms with Gasteiger partial charge < -0.3 is 5.32 Å². The fourth-order valence-electron chi connectivity index (χ4n) is 1.57. The summed E-state index contributed by atoms with van der Waals surface area (Å²) in [6.07, 6.45) is 6.61. The van der Waals surface area contributed by atoms with Crippen molar-refractivity contribution in [2.24, 2.45) is 7.05 Å². The van der Waals surface area contributed by atoms with Crippen LogP contribution in [0.2, 0.25) is 0 Å². The van der Waals surface area contributed by atoms with Gasteiger partial charge in [-0.15, -0.1) is 0 Å². The number of hydrogen-bond acceptors (Lipinski definition) is 3. The molecule has 0 aliphatic heterocycles. The van der Waals surface area contributed by atoms with E-state index < -0.39 is 0 Å². The molecule has 15 heavy (non-hydrogen) atoms. The second-order valence-corrected chi connectivity index (χ2v) is 3.47. The van der Waals surface area contributed by atoms with E-state index in [4.69, 9.17) is 0 Å². The average molecular weight is 205 g/mol. The lowest BCUT2D eigenvalue weighted by atomic mass is 10.2. The van der Waals surface area contributed by atoms with Crippen molar-refractivity contribution >= 4 is 5.69 Å². The fourth-order valence-corrected chi connectivity index (χ4v) is 1.57. The number of hydrogen-bond donors (Lipinski definition) is 2. The third kappa shape index (κ3) is 2.18. The Bertz CT molecular complexity index is 415. The van der Waals surface area contributed by atoms with Gasteiger partial charge in [0.2, 0.25) is 0 Å². The molecule has 80 valence electrons. The normalized spacial score (nSPS) is 10.5. The van der Waals surface area contributed by atoms with Crippen LogP contribution < -0.4 is 5.32 Å². The van der Waals surface area contributed by atoms with Crippen LogP contribution in [0.4, 0.5) is 5.69 Å². The highest BCUT2D eigenvalue weighted by Gasteiger charge is 2.05. The average Bonchev–Trinajstić information content (AvgIpc) is 2.83. The third-order valence-corrected chi connectivity index (χ3v) is 2.31. The molecule has 0 saturated heterocycles. The highest BCUT2D eigenvalue weighted by Crippen LogP contribution is 2.10. The summed E-state index contributed by atoms with van der Waals surface area (Å²) < 4.78 is 1.85. The molecule has 0 amide bonds. The van der Waals surface area contributed by atoms with E-state index in [1.54, 1.807) is 6.20 Å². The first-order valence-electron chi connectivity index (χ1n) is 5.03. The van der Waals surface area contributed by atoms with Gasteiger partial charge in [0, 0.05) is 31.5 Å². The van der Waals surface area contributed by atoms with Gasteiger partial charge in [-0.25, -0.2) is 0 Å². The van der Waals surface area contributed by atoms with Crippen molar-refractivity contribution in [3.63, 3.8) is 0 Å². The zero-order valence-electron chi connectivity index (χ0n) is 8.99. The molecule has 5 nitrogen and oxygen atoms in total. The van der Waals surface area contributed by atoms with Crippen LogP contribution in [0, 0.1) is 0 Å². The van der Waals surface area contributed by atoms with E-state index in [0.29, 0.717) is 0 Å². The molecule has 2 aromatic heterocycles. The Morgan fingerprint density at radius 1 is 1.53 bits per heavy atom. The Balaban J connectivity index is 2.04. The molecule has 0 spiro atoms. The van der Waals surface area contributed by atoms with Gasteiger partial charge in [0.1, 0.15) is 0 Å². The maximum atomic E-state index is 4.38.